The first-order valence-electron chi connectivity index (χ1n) is 5.51. The molecule has 15 heavy (non-hydrogen) atoms. The minimum Gasteiger partial charge on any atom is -0.309 e. The number of halogens is 1. The topological polar surface area (TPSA) is 12.0 Å². The molecular formula is C12H18ClNS. The maximum absolute atomic E-state index is 5.88. The lowest BCUT2D eigenvalue weighted by molar-refractivity contribution is 0.364. The minimum atomic E-state index is 0.533. The Morgan fingerprint density at radius 1 is 1.60 bits per heavy atom. The molecule has 84 valence electrons. The smallest absolute Gasteiger partial charge is 0.0516 e. The molecule has 0 spiro atoms. The Morgan fingerprint density at radius 2 is 2.40 bits per heavy atom. The fourth-order valence-electron chi connectivity index (χ4n) is 2.30. The molecule has 0 aromatic carbocycles. The number of hydrogen-bond acceptors (Lipinski definition) is 2. The van der Waals surface area contributed by atoms with Crippen LogP contribution in [0.1, 0.15) is 38.0 Å². The molecule has 1 saturated carbocycles. The number of nitrogens with one attached hydrogen (secondary N) is 1. The van der Waals surface area contributed by atoms with Gasteiger partial charge in [0.05, 0.1) is 5.02 Å². The van der Waals surface area contributed by atoms with Crippen molar-refractivity contribution >= 4 is 22.9 Å². The highest BCUT2D eigenvalue weighted by molar-refractivity contribution is 7.10. The van der Waals surface area contributed by atoms with Crippen molar-refractivity contribution in [2.45, 2.75) is 45.7 Å². The molecule has 1 unspecified atom stereocenters. The summed E-state index contributed by atoms with van der Waals surface area (Å²) >= 11 is 7.62. The van der Waals surface area contributed by atoms with Crippen molar-refractivity contribution in [3.63, 3.8) is 0 Å². The highest BCUT2D eigenvalue weighted by atomic mass is 35.5. The molecular weight excluding hydrogens is 226 g/mol. The number of thiophene rings is 1. The lowest BCUT2D eigenvalue weighted by Gasteiger charge is -2.17. The molecule has 1 fully saturated rings. The molecule has 1 aromatic rings. The Kier molecular flexibility index (Phi) is 3.39. The maximum Gasteiger partial charge on any atom is 0.0516 e. The van der Waals surface area contributed by atoms with E-state index in [0.29, 0.717) is 11.5 Å². The normalized spacial score (nSPS) is 24.6. The Bertz CT molecular complexity index is 332. The van der Waals surface area contributed by atoms with Crippen molar-refractivity contribution < 1.29 is 0 Å². The molecule has 1 heterocycles. The molecule has 1 atom stereocenters. The highest BCUT2D eigenvalue weighted by Crippen LogP contribution is 2.37. The number of rotatable bonds is 3. The molecule has 2 rings (SSSR count). The summed E-state index contributed by atoms with van der Waals surface area (Å²) in [5.74, 6) is 0. The fourth-order valence-corrected chi connectivity index (χ4v) is 3.33. The summed E-state index contributed by atoms with van der Waals surface area (Å²) in [6, 6.07) is 2.75. The third-order valence-corrected chi connectivity index (χ3v) is 4.44. The fraction of sp³-hybridized carbons (Fsp3) is 0.667. The van der Waals surface area contributed by atoms with Crippen LogP contribution in [0.5, 0.6) is 0 Å². The van der Waals surface area contributed by atoms with E-state index in [2.05, 4.69) is 25.2 Å². The van der Waals surface area contributed by atoms with E-state index in [1.54, 1.807) is 11.3 Å². The first kappa shape index (κ1) is 11.4. The van der Waals surface area contributed by atoms with Gasteiger partial charge in [0.2, 0.25) is 0 Å². The molecule has 1 aromatic heterocycles. The van der Waals surface area contributed by atoms with Gasteiger partial charge in [-0.15, -0.1) is 11.3 Å². The van der Waals surface area contributed by atoms with Crippen molar-refractivity contribution in [3.05, 3.63) is 21.3 Å². The molecule has 1 aliphatic carbocycles. The van der Waals surface area contributed by atoms with E-state index >= 15 is 0 Å². The van der Waals surface area contributed by atoms with Crippen LogP contribution in [0.2, 0.25) is 5.02 Å². The van der Waals surface area contributed by atoms with E-state index in [1.807, 2.05) is 5.38 Å². The summed E-state index contributed by atoms with van der Waals surface area (Å²) in [7, 11) is 0. The number of hydrogen-bond donors (Lipinski definition) is 1. The highest BCUT2D eigenvalue weighted by Gasteiger charge is 2.30. The second-order valence-corrected chi connectivity index (χ2v) is 6.65. The van der Waals surface area contributed by atoms with Gasteiger partial charge < -0.3 is 5.32 Å². The first-order valence-corrected chi connectivity index (χ1v) is 6.77. The summed E-state index contributed by atoms with van der Waals surface area (Å²) in [5, 5.41) is 6.48. The zero-order valence-corrected chi connectivity index (χ0v) is 10.9. The van der Waals surface area contributed by atoms with E-state index in [1.165, 1.54) is 24.1 Å². The Balaban J connectivity index is 1.80. The third-order valence-electron chi connectivity index (χ3n) is 3.16. The van der Waals surface area contributed by atoms with Crippen LogP contribution in [0.4, 0.5) is 0 Å². The summed E-state index contributed by atoms with van der Waals surface area (Å²) in [6.45, 7) is 5.69. The van der Waals surface area contributed by atoms with Gasteiger partial charge in [0.1, 0.15) is 0 Å². The zero-order chi connectivity index (χ0) is 10.9. The van der Waals surface area contributed by atoms with Gasteiger partial charge in [-0.2, -0.15) is 0 Å². The van der Waals surface area contributed by atoms with E-state index < -0.39 is 0 Å². The molecule has 1 nitrogen and oxygen atoms in total. The van der Waals surface area contributed by atoms with Gasteiger partial charge in [0, 0.05) is 22.8 Å². The van der Waals surface area contributed by atoms with Crippen LogP contribution in [0, 0.1) is 5.41 Å². The Labute approximate surface area is 101 Å². The SMILES string of the molecule is CC1(C)CCC(NCc2cc(Cl)cs2)C1. The van der Waals surface area contributed by atoms with Crippen molar-refractivity contribution in [1.29, 1.82) is 0 Å². The largest absolute Gasteiger partial charge is 0.309 e. The zero-order valence-electron chi connectivity index (χ0n) is 9.35. The van der Waals surface area contributed by atoms with Crippen LogP contribution >= 0.6 is 22.9 Å². The summed E-state index contributed by atoms with van der Waals surface area (Å²) in [5.41, 5.74) is 0.533. The van der Waals surface area contributed by atoms with Crippen LogP contribution in [-0.2, 0) is 6.54 Å². The van der Waals surface area contributed by atoms with Crippen LogP contribution in [-0.4, -0.2) is 6.04 Å². The molecule has 1 N–H and O–H groups in total. The van der Waals surface area contributed by atoms with Crippen LogP contribution < -0.4 is 5.32 Å². The lowest BCUT2D eigenvalue weighted by atomic mass is 9.92. The molecule has 0 radical (unpaired) electrons. The van der Waals surface area contributed by atoms with E-state index in [-0.39, 0.29) is 0 Å². The molecule has 0 saturated heterocycles. The van der Waals surface area contributed by atoms with Gasteiger partial charge in [-0.05, 0) is 30.7 Å². The lowest BCUT2D eigenvalue weighted by Crippen LogP contribution is -2.26. The molecule has 0 amide bonds. The maximum atomic E-state index is 5.88. The monoisotopic (exact) mass is 243 g/mol. The quantitative estimate of drug-likeness (QED) is 0.844. The first-order chi connectivity index (χ1) is 7.05. The second kappa shape index (κ2) is 4.44. The molecule has 3 heteroatoms. The predicted octanol–water partition coefficient (Wildman–Crippen LogP) is 4.07. The van der Waals surface area contributed by atoms with Crippen molar-refractivity contribution in [3.8, 4) is 0 Å². The average molecular weight is 244 g/mol. The van der Waals surface area contributed by atoms with Crippen LogP contribution in [0.15, 0.2) is 11.4 Å². The predicted molar refractivity (Wildman–Crippen MR) is 67.6 cm³/mol. The molecule has 1 aliphatic rings. The van der Waals surface area contributed by atoms with Gasteiger partial charge in [-0.1, -0.05) is 25.4 Å². The average Bonchev–Trinajstić information content (AvgIpc) is 2.69. The van der Waals surface area contributed by atoms with Gasteiger partial charge in [-0.3, -0.25) is 0 Å². The second-order valence-electron chi connectivity index (χ2n) is 5.22. The summed E-state index contributed by atoms with van der Waals surface area (Å²) in [4.78, 5) is 1.34. The molecule has 0 aliphatic heterocycles. The standard InChI is InChI=1S/C12H18ClNS/c1-12(2)4-3-10(6-12)14-7-11-5-9(13)8-15-11/h5,8,10,14H,3-4,6-7H2,1-2H3. The van der Waals surface area contributed by atoms with Gasteiger partial charge in [0.25, 0.3) is 0 Å². The minimum absolute atomic E-state index is 0.533. The van der Waals surface area contributed by atoms with E-state index in [9.17, 15) is 0 Å². The van der Waals surface area contributed by atoms with Gasteiger partial charge in [0.15, 0.2) is 0 Å². The summed E-state index contributed by atoms with van der Waals surface area (Å²) in [6.07, 6.45) is 3.95. The van der Waals surface area contributed by atoms with Gasteiger partial charge in [-0.25, -0.2) is 0 Å². The molecule has 0 bridgehead atoms. The van der Waals surface area contributed by atoms with Crippen molar-refractivity contribution in [1.82, 2.24) is 5.32 Å². The van der Waals surface area contributed by atoms with Gasteiger partial charge >= 0.3 is 0 Å². The van der Waals surface area contributed by atoms with Crippen molar-refractivity contribution in [2.75, 3.05) is 0 Å². The van der Waals surface area contributed by atoms with E-state index in [0.717, 1.165) is 11.6 Å². The third kappa shape index (κ3) is 3.20. The summed E-state index contributed by atoms with van der Waals surface area (Å²) < 4.78 is 0. The van der Waals surface area contributed by atoms with Crippen molar-refractivity contribution in [2.24, 2.45) is 5.41 Å². The van der Waals surface area contributed by atoms with Crippen LogP contribution in [0.3, 0.4) is 0 Å². The Morgan fingerprint density at radius 3 is 2.93 bits per heavy atom. The van der Waals surface area contributed by atoms with E-state index in [4.69, 9.17) is 11.6 Å². The van der Waals surface area contributed by atoms with Crippen LogP contribution in [0.25, 0.3) is 0 Å². The Hall–Kier alpha value is -0.0500.